The van der Waals surface area contributed by atoms with Gasteiger partial charge in [0.1, 0.15) is 0 Å². The van der Waals surface area contributed by atoms with Crippen molar-refractivity contribution in [1.82, 2.24) is 0 Å². The maximum Gasteiger partial charge on any atom is -0.0324 e. The third-order valence-corrected chi connectivity index (χ3v) is 4.20. The molecule has 0 amide bonds. The van der Waals surface area contributed by atoms with Gasteiger partial charge in [-0.25, -0.2) is 0 Å². The average Bonchev–Trinajstić information content (AvgIpc) is 2.39. The van der Waals surface area contributed by atoms with Crippen molar-refractivity contribution in [1.29, 1.82) is 0 Å². The second kappa shape index (κ2) is 14.4. The van der Waals surface area contributed by atoms with Crippen LogP contribution in [0.15, 0.2) is 0 Å². The quantitative estimate of drug-likeness (QED) is 0.292. The first-order valence-electron chi connectivity index (χ1n) is 9.13. The van der Waals surface area contributed by atoms with Crippen LogP contribution < -0.4 is 0 Å². The van der Waals surface area contributed by atoms with Crippen LogP contribution in [-0.4, -0.2) is 0 Å². The van der Waals surface area contributed by atoms with Crippen LogP contribution in [0, 0.1) is 18.3 Å². The first-order valence-corrected chi connectivity index (χ1v) is 9.13. The highest BCUT2D eigenvalue weighted by Crippen LogP contribution is 2.27. The molecule has 1 unspecified atom stereocenters. The van der Waals surface area contributed by atoms with Crippen molar-refractivity contribution in [2.45, 2.75) is 105 Å². The summed E-state index contributed by atoms with van der Waals surface area (Å²) in [5.41, 5.74) is 0. The molecule has 0 aliphatic rings. The van der Waals surface area contributed by atoms with Gasteiger partial charge in [0, 0.05) is 0 Å². The van der Waals surface area contributed by atoms with Crippen molar-refractivity contribution in [3.8, 4) is 0 Å². The number of unbranched alkanes of at least 4 members (excludes halogenated alkanes) is 4. The molecule has 0 heteroatoms. The molecule has 0 N–H and O–H groups in total. The van der Waals surface area contributed by atoms with Crippen molar-refractivity contribution >= 4 is 0 Å². The molecule has 0 nitrogen and oxygen atoms in total. The lowest BCUT2D eigenvalue weighted by Crippen LogP contribution is -2.10. The van der Waals surface area contributed by atoms with Crippen molar-refractivity contribution in [3.63, 3.8) is 0 Å². The van der Waals surface area contributed by atoms with E-state index >= 15 is 0 Å². The molecule has 0 aromatic carbocycles. The normalized spacial score (nSPS) is 13.1. The van der Waals surface area contributed by atoms with Crippen LogP contribution in [0.2, 0.25) is 0 Å². The fourth-order valence-corrected chi connectivity index (χ4v) is 3.18. The zero-order chi connectivity index (χ0) is 14.3. The highest BCUT2D eigenvalue weighted by atomic mass is 14.2. The Morgan fingerprint density at radius 2 is 1.00 bits per heavy atom. The van der Waals surface area contributed by atoms with E-state index < -0.39 is 0 Å². The van der Waals surface area contributed by atoms with Gasteiger partial charge in [0.05, 0.1) is 0 Å². The molecule has 0 aromatic heterocycles. The summed E-state index contributed by atoms with van der Waals surface area (Å²) in [6.07, 6.45) is 19.6. The van der Waals surface area contributed by atoms with Gasteiger partial charge in [0.25, 0.3) is 0 Å². The highest BCUT2D eigenvalue weighted by molar-refractivity contribution is 4.83. The van der Waals surface area contributed by atoms with Crippen molar-refractivity contribution in [2.24, 2.45) is 11.8 Å². The average molecular weight is 268 g/mol. The van der Waals surface area contributed by atoms with Gasteiger partial charge in [-0.1, -0.05) is 105 Å². The predicted molar refractivity (Wildman–Crippen MR) is 89.4 cm³/mol. The molecule has 1 radical (unpaired) electrons. The summed E-state index contributed by atoms with van der Waals surface area (Å²) in [6, 6.07) is 0. The van der Waals surface area contributed by atoms with Crippen LogP contribution in [0.3, 0.4) is 0 Å². The minimum Gasteiger partial charge on any atom is -0.0654 e. The molecule has 0 fully saturated rings. The monoisotopic (exact) mass is 267 g/mol. The summed E-state index contributed by atoms with van der Waals surface area (Å²) in [5.74, 6) is 1.79. The third-order valence-electron chi connectivity index (χ3n) is 4.20. The highest BCUT2D eigenvalue weighted by Gasteiger charge is 2.15. The topological polar surface area (TPSA) is 0 Å². The Morgan fingerprint density at radius 3 is 1.47 bits per heavy atom. The molecule has 0 aliphatic heterocycles. The molecule has 0 rings (SSSR count). The Labute approximate surface area is 123 Å². The van der Waals surface area contributed by atoms with Gasteiger partial charge >= 0.3 is 0 Å². The molecule has 0 saturated heterocycles. The smallest absolute Gasteiger partial charge is 0.0324 e. The van der Waals surface area contributed by atoms with Gasteiger partial charge in [-0.3, -0.25) is 0 Å². The molecule has 115 valence electrons. The molecule has 0 aliphatic carbocycles. The maximum atomic E-state index is 2.73. The fraction of sp³-hybridized carbons (Fsp3) is 0.947. The number of rotatable bonds is 14. The van der Waals surface area contributed by atoms with Crippen LogP contribution in [0.1, 0.15) is 105 Å². The molecule has 0 saturated carbocycles. The third kappa shape index (κ3) is 11.5. The lowest BCUT2D eigenvalue weighted by molar-refractivity contribution is 0.386. The summed E-state index contributed by atoms with van der Waals surface area (Å²) < 4.78 is 0. The molecule has 0 aromatic rings. The fourth-order valence-electron chi connectivity index (χ4n) is 3.18. The molecule has 19 heavy (non-hydrogen) atoms. The first kappa shape index (κ1) is 19.0. The second-order valence-electron chi connectivity index (χ2n) is 6.28. The van der Waals surface area contributed by atoms with E-state index in [2.05, 4.69) is 34.1 Å². The summed E-state index contributed by atoms with van der Waals surface area (Å²) >= 11 is 0. The Hall–Kier alpha value is 0. The molecule has 1 atom stereocenters. The van der Waals surface area contributed by atoms with E-state index in [0.717, 1.165) is 11.8 Å². The van der Waals surface area contributed by atoms with Crippen molar-refractivity contribution in [3.05, 3.63) is 6.42 Å². The van der Waals surface area contributed by atoms with Gasteiger partial charge in [0.15, 0.2) is 0 Å². The predicted octanol–water partition coefficient (Wildman–Crippen LogP) is 7.18. The lowest BCUT2D eigenvalue weighted by atomic mass is 9.83. The standard InChI is InChI=1S/C19H39/c1-5-9-10-11-12-16-19(15-8-4)17-18(13-6-2)14-7-3/h17-19H,5-16H2,1-4H3. The number of hydrogen-bond donors (Lipinski definition) is 0. The zero-order valence-corrected chi connectivity index (χ0v) is 14.2. The Balaban J connectivity index is 3.92. The number of hydrogen-bond acceptors (Lipinski definition) is 0. The summed E-state index contributed by atoms with van der Waals surface area (Å²) in [7, 11) is 0. The van der Waals surface area contributed by atoms with E-state index in [1.165, 1.54) is 77.0 Å². The van der Waals surface area contributed by atoms with E-state index in [0.29, 0.717) is 0 Å². The van der Waals surface area contributed by atoms with Gasteiger partial charge in [-0.2, -0.15) is 0 Å². The van der Waals surface area contributed by atoms with Crippen LogP contribution in [0.25, 0.3) is 0 Å². The van der Waals surface area contributed by atoms with E-state index in [9.17, 15) is 0 Å². The molecule has 0 bridgehead atoms. The molecule has 0 spiro atoms. The van der Waals surface area contributed by atoms with E-state index in [-0.39, 0.29) is 0 Å². The van der Waals surface area contributed by atoms with Crippen molar-refractivity contribution < 1.29 is 0 Å². The van der Waals surface area contributed by atoms with Crippen LogP contribution in [0.5, 0.6) is 0 Å². The molecule has 0 heterocycles. The molecular formula is C19H39. The molecular weight excluding hydrogens is 228 g/mol. The van der Waals surface area contributed by atoms with Gasteiger partial charge in [-0.05, 0) is 18.3 Å². The van der Waals surface area contributed by atoms with Gasteiger partial charge in [-0.15, -0.1) is 0 Å². The zero-order valence-electron chi connectivity index (χ0n) is 14.2. The van der Waals surface area contributed by atoms with Crippen molar-refractivity contribution in [2.75, 3.05) is 0 Å². The SMILES string of the molecule is CCCCCCCC([CH]C(CCC)CCC)CCC. The minimum absolute atomic E-state index is 0.891. The Kier molecular flexibility index (Phi) is 14.4. The summed E-state index contributed by atoms with van der Waals surface area (Å²) in [6.45, 7) is 9.30. The van der Waals surface area contributed by atoms with Crippen LogP contribution >= 0.6 is 0 Å². The largest absolute Gasteiger partial charge is 0.0654 e. The minimum atomic E-state index is 0.891. The summed E-state index contributed by atoms with van der Waals surface area (Å²) in [4.78, 5) is 0. The van der Waals surface area contributed by atoms with Gasteiger partial charge < -0.3 is 0 Å². The van der Waals surface area contributed by atoms with Gasteiger partial charge in [0.2, 0.25) is 0 Å². The lowest BCUT2D eigenvalue weighted by Gasteiger charge is -2.22. The van der Waals surface area contributed by atoms with Crippen LogP contribution in [0.4, 0.5) is 0 Å². The van der Waals surface area contributed by atoms with E-state index in [1.807, 2.05) is 0 Å². The second-order valence-corrected chi connectivity index (χ2v) is 6.28. The maximum absolute atomic E-state index is 2.73. The Bertz CT molecular complexity index is 155. The summed E-state index contributed by atoms with van der Waals surface area (Å²) in [5, 5.41) is 0. The van der Waals surface area contributed by atoms with Crippen LogP contribution in [-0.2, 0) is 0 Å². The van der Waals surface area contributed by atoms with E-state index in [4.69, 9.17) is 0 Å². The first-order chi connectivity index (χ1) is 9.28. The van der Waals surface area contributed by atoms with E-state index in [1.54, 1.807) is 0 Å². The Morgan fingerprint density at radius 1 is 0.526 bits per heavy atom.